The lowest BCUT2D eigenvalue weighted by Gasteiger charge is -2.37. The number of nitrogens with two attached hydrogens (primary N) is 1. The highest BCUT2D eigenvalue weighted by atomic mass is 32.1. The second-order valence-corrected chi connectivity index (χ2v) is 5.64. The largest absolute Gasteiger partial charge is 0.392 e. The van der Waals surface area contributed by atoms with E-state index >= 15 is 0 Å². The van der Waals surface area contributed by atoms with Crippen LogP contribution in [-0.4, -0.2) is 55.3 Å². The van der Waals surface area contributed by atoms with Gasteiger partial charge in [0, 0.05) is 26.8 Å². The molecule has 0 spiro atoms. The Kier molecular flexibility index (Phi) is 6.16. The minimum Gasteiger partial charge on any atom is -0.392 e. The van der Waals surface area contributed by atoms with Gasteiger partial charge in [-0.1, -0.05) is 12.2 Å². The van der Waals surface area contributed by atoms with Crippen molar-refractivity contribution >= 4 is 23.1 Å². The van der Waals surface area contributed by atoms with Crippen LogP contribution in [0.3, 0.4) is 0 Å². The van der Waals surface area contributed by atoms with E-state index in [4.69, 9.17) is 27.4 Å². The first-order chi connectivity index (χ1) is 8.90. The van der Waals surface area contributed by atoms with Gasteiger partial charge < -0.3 is 20.1 Å². The number of hydrogen-bond donors (Lipinski definition) is 1. The molecule has 19 heavy (non-hydrogen) atoms. The molecule has 110 valence electrons. The standard InChI is InChI=1S/C13H24N2O3S/c1-10(2)18-9-6-15(3)12(16)13(11(14)19)4-7-17-8-5-13/h10H,4-9H2,1-3H3,(H2,14,19). The molecule has 1 amide bonds. The molecule has 0 saturated carbocycles. The maximum absolute atomic E-state index is 12.6. The molecule has 0 radical (unpaired) electrons. The van der Waals surface area contributed by atoms with E-state index in [9.17, 15) is 4.79 Å². The highest BCUT2D eigenvalue weighted by Gasteiger charge is 2.44. The Morgan fingerprint density at radius 1 is 1.47 bits per heavy atom. The van der Waals surface area contributed by atoms with Crippen molar-refractivity contribution in [3.63, 3.8) is 0 Å². The Hall–Kier alpha value is -0.720. The van der Waals surface area contributed by atoms with Gasteiger partial charge in [-0.05, 0) is 26.7 Å². The first-order valence-corrected chi connectivity index (χ1v) is 7.06. The van der Waals surface area contributed by atoms with Crippen LogP contribution < -0.4 is 5.73 Å². The van der Waals surface area contributed by atoms with Crippen LogP contribution in [0.1, 0.15) is 26.7 Å². The summed E-state index contributed by atoms with van der Waals surface area (Å²) >= 11 is 5.12. The minimum absolute atomic E-state index is 0.0179. The average molecular weight is 288 g/mol. The fourth-order valence-electron chi connectivity index (χ4n) is 2.18. The zero-order valence-corrected chi connectivity index (χ0v) is 12.8. The molecule has 0 aromatic carbocycles. The van der Waals surface area contributed by atoms with E-state index in [2.05, 4.69) is 0 Å². The number of amides is 1. The first-order valence-electron chi connectivity index (χ1n) is 6.65. The van der Waals surface area contributed by atoms with Crippen molar-refractivity contribution in [2.24, 2.45) is 11.1 Å². The van der Waals surface area contributed by atoms with Crippen LogP contribution in [0.2, 0.25) is 0 Å². The van der Waals surface area contributed by atoms with Crippen molar-refractivity contribution in [2.75, 3.05) is 33.4 Å². The third-order valence-electron chi connectivity index (χ3n) is 3.45. The molecule has 2 N–H and O–H groups in total. The maximum Gasteiger partial charge on any atom is 0.235 e. The van der Waals surface area contributed by atoms with Crippen molar-refractivity contribution in [1.29, 1.82) is 0 Å². The van der Waals surface area contributed by atoms with Gasteiger partial charge >= 0.3 is 0 Å². The Morgan fingerprint density at radius 3 is 2.53 bits per heavy atom. The second kappa shape index (κ2) is 7.17. The van der Waals surface area contributed by atoms with Gasteiger partial charge in [0.1, 0.15) is 5.41 Å². The number of rotatable bonds is 6. The van der Waals surface area contributed by atoms with Crippen molar-refractivity contribution in [1.82, 2.24) is 4.90 Å². The molecule has 5 nitrogen and oxygen atoms in total. The maximum atomic E-state index is 12.6. The lowest BCUT2D eigenvalue weighted by molar-refractivity contribution is -0.141. The number of carbonyl (C=O) groups is 1. The summed E-state index contributed by atoms with van der Waals surface area (Å²) in [4.78, 5) is 14.5. The average Bonchev–Trinajstić information content (AvgIpc) is 2.37. The number of thiocarbonyl (C=S) groups is 1. The monoisotopic (exact) mass is 288 g/mol. The lowest BCUT2D eigenvalue weighted by Crippen LogP contribution is -2.52. The molecule has 0 atom stereocenters. The highest BCUT2D eigenvalue weighted by Crippen LogP contribution is 2.32. The summed E-state index contributed by atoms with van der Waals surface area (Å²) in [6, 6.07) is 0. The molecule has 6 heteroatoms. The van der Waals surface area contributed by atoms with Crippen molar-refractivity contribution in [3.05, 3.63) is 0 Å². The van der Waals surface area contributed by atoms with Crippen LogP contribution in [0.15, 0.2) is 0 Å². The van der Waals surface area contributed by atoms with E-state index in [1.54, 1.807) is 11.9 Å². The third kappa shape index (κ3) is 4.12. The summed E-state index contributed by atoms with van der Waals surface area (Å²) < 4.78 is 10.8. The van der Waals surface area contributed by atoms with Gasteiger partial charge in [0.05, 0.1) is 17.7 Å². The number of likely N-dealkylation sites (N-methyl/N-ethyl adjacent to an activating group) is 1. The van der Waals surface area contributed by atoms with E-state index in [-0.39, 0.29) is 17.0 Å². The fraction of sp³-hybridized carbons (Fsp3) is 0.846. The highest BCUT2D eigenvalue weighted by molar-refractivity contribution is 7.80. The summed E-state index contributed by atoms with van der Waals surface area (Å²) in [6.07, 6.45) is 1.30. The van der Waals surface area contributed by atoms with Crippen molar-refractivity contribution < 1.29 is 14.3 Å². The molecule has 1 fully saturated rings. The summed E-state index contributed by atoms with van der Waals surface area (Å²) in [5.74, 6) is -0.0179. The van der Waals surface area contributed by atoms with Gasteiger partial charge in [-0.15, -0.1) is 0 Å². The van der Waals surface area contributed by atoms with E-state index in [1.807, 2.05) is 13.8 Å². The van der Waals surface area contributed by atoms with Crippen LogP contribution in [0.4, 0.5) is 0 Å². The van der Waals surface area contributed by atoms with Gasteiger partial charge in [0.2, 0.25) is 5.91 Å². The normalized spacial score (nSPS) is 18.3. The first kappa shape index (κ1) is 16.3. The molecule has 1 rings (SSSR count). The zero-order chi connectivity index (χ0) is 14.5. The molecule has 0 bridgehead atoms. The Bertz CT molecular complexity index is 328. The van der Waals surface area contributed by atoms with Gasteiger partial charge in [0.15, 0.2) is 0 Å². The van der Waals surface area contributed by atoms with Crippen LogP contribution in [0, 0.1) is 5.41 Å². The predicted molar refractivity (Wildman–Crippen MR) is 78.0 cm³/mol. The summed E-state index contributed by atoms with van der Waals surface area (Å²) in [7, 11) is 1.77. The van der Waals surface area contributed by atoms with Crippen LogP contribution >= 0.6 is 12.2 Å². The van der Waals surface area contributed by atoms with E-state index < -0.39 is 5.41 Å². The molecule has 1 saturated heterocycles. The number of ether oxygens (including phenoxy) is 2. The van der Waals surface area contributed by atoms with E-state index in [1.165, 1.54) is 0 Å². The van der Waals surface area contributed by atoms with Crippen molar-refractivity contribution in [2.45, 2.75) is 32.8 Å². The number of nitrogens with zero attached hydrogens (tertiary/aromatic N) is 1. The molecular formula is C13H24N2O3S. The summed E-state index contributed by atoms with van der Waals surface area (Å²) in [6.45, 7) is 6.05. The Morgan fingerprint density at radius 2 is 2.05 bits per heavy atom. The number of carbonyl (C=O) groups excluding carboxylic acids is 1. The summed E-state index contributed by atoms with van der Waals surface area (Å²) in [5, 5.41) is 0. The van der Waals surface area contributed by atoms with Gasteiger partial charge in [0.25, 0.3) is 0 Å². The minimum atomic E-state index is -0.736. The molecule has 1 heterocycles. The zero-order valence-electron chi connectivity index (χ0n) is 12.0. The van der Waals surface area contributed by atoms with E-state index in [0.717, 1.165) is 0 Å². The fourth-order valence-corrected chi connectivity index (χ4v) is 2.47. The topological polar surface area (TPSA) is 64.8 Å². The quantitative estimate of drug-likeness (QED) is 0.737. The SMILES string of the molecule is CC(C)OCCN(C)C(=O)C1(C(N)=S)CCOCC1. The van der Waals surface area contributed by atoms with Gasteiger partial charge in [-0.2, -0.15) is 0 Å². The predicted octanol–water partition coefficient (Wildman–Crippen LogP) is 0.953. The Labute approximate surface area is 120 Å². The molecule has 1 aliphatic rings. The van der Waals surface area contributed by atoms with Crippen LogP contribution in [0.5, 0.6) is 0 Å². The molecule has 1 aliphatic heterocycles. The van der Waals surface area contributed by atoms with Crippen LogP contribution in [0.25, 0.3) is 0 Å². The molecule has 0 aliphatic carbocycles. The van der Waals surface area contributed by atoms with Gasteiger partial charge in [-0.3, -0.25) is 4.79 Å². The molecular weight excluding hydrogens is 264 g/mol. The second-order valence-electron chi connectivity index (χ2n) is 5.20. The molecule has 0 aromatic heterocycles. The summed E-state index contributed by atoms with van der Waals surface area (Å²) in [5.41, 5.74) is 5.08. The Balaban J connectivity index is 2.63. The third-order valence-corrected chi connectivity index (χ3v) is 3.84. The molecule has 0 unspecified atom stereocenters. The lowest BCUT2D eigenvalue weighted by atomic mass is 9.78. The van der Waals surface area contributed by atoms with Gasteiger partial charge in [-0.25, -0.2) is 0 Å². The van der Waals surface area contributed by atoms with Crippen LogP contribution in [-0.2, 0) is 14.3 Å². The number of hydrogen-bond acceptors (Lipinski definition) is 4. The smallest absolute Gasteiger partial charge is 0.235 e. The van der Waals surface area contributed by atoms with E-state index in [0.29, 0.717) is 39.2 Å². The van der Waals surface area contributed by atoms with Crippen molar-refractivity contribution in [3.8, 4) is 0 Å². The molecule has 0 aromatic rings.